The maximum Gasteiger partial charge on any atom is 0.224 e. The van der Waals surface area contributed by atoms with Crippen molar-refractivity contribution < 1.29 is 9.53 Å². The summed E-state index contributed by atoms with van der Waals surface area (Å²) < 4.78 is 5.56. The van der Waals surface area contributed by atoms with Crippen LogP contribution in [0.15, 0.2) is 42.5 Å². The van der Waals surface area contributed by atoms with Crippen molar-refractivity contribution in [3.63, 3.8) is 0 Å². The Morgan fingerprint density at radius 2 is 1.82 bits per heavy atom. The van der Waals surface area contributed by atoms with Gasteiger partial charge in [0.05, 0.1) is 6.61 Å². The van der Waals surface area contributed by atoms with Crippen LogP contribution in [-0.2, 0) is 4.79 Å². The maximum atomic E-state index is 11.9. The molecule has 0 saturated heterocycles. The van der Waals surface area contributed by atoms with Gasteiger partial charge in [0.15, 0.2) is 0 Å². The number of hydrogen-bond donors (Lipinski definition) is 1. The van der Waals surface area contributed by atoms with Gasteiger partial charge in [-0.25, -0.2) is 0 Å². The number of carbonyl (C=O) groups excluding carboxylic acids is 1. The molecule has 0 spiro atoms. The third kappa shape index (κ3) is 5.08. The second kappa shape index (κ2) is 7.85. The maximum absolute atomic E-state index is 11.9. The Bertz CT molecular complexity index is 638. The van der Waals surface area contributed by atoms with Gasteiger partial charge in [0.2, 0.25) is 5.91 Å². The molecule has 0 aliphatic heterocycles. The van der Waals surface area contributed by atoms with Crippen LogP contribution < -0.4 is 10.1 Å². The molecule has 116 valence electrons. The van der Waals surface area contributed by atoms with Crippen LogP contribution in [0, 0.1) is 13.8 Å². The summed E-state index contributed by atoms with van der Waals surface area (Å²) in [6.45, 7) is 4.59. The molecule has 3 nitrogen and oxygen atoms in total. The van der Waals surface area contributed by atoms with Crippen LogP contribution in [0.25, 0.3) is 0 Å². The summed E-state index contributed by atoms with van der Waals surface area (Å²) in [6.07, 6.45) is 1.10. The Morgan fingerprint density at radius 1 is 1.09 bits per heavy atom. The Morgan fingerprint density at radius 3 is 2.50 bits per heavy atom. The molecule has 0 bridgehead atoms. The van der Waals surface area contributed by atoms with Crippen LogP contribution in [0.1, 0.15) is 24.0 Å². The first-order chi connectivity index (χ1) is 10.5. The van der Waals surface area contributed by atoms with Gasteiger partial charge < -0.3 is 10.1 Å². The summed E-state index contributed by atoms with van der Waals surface area (Å²) in [5.74, 6) is 0.766. The number of anilines is 1. The lowest BCUT2D eigenvalue weighted by Crippen LogP contribution is -2.13. The molecule has 1 N–H and O–H groups in total. The van der Waals surface area contributed by atoms with E-state index in [9.17, 15) is 4.79 Å². The van der Waals surface area contributed by atoms with Gasteiger partial charge in [-0.2, -0.15) is 0 Å². The number of hydrogen-bond acceptors (Lipinski definition) is 2. The predicted molar refractivity (Wildman–Crippen MR) is 90.7 cm³/mol. The Hall–Kier alpha value is -2.00. The second-order valence-electron chi connectivity index (χ2n) is 5.25. The van der Waals surface area contributed by atoms with E-state index in [2.05, 4.69) is 12.2 Å². The topological polar surface area (TPSA) is 38.3 Å². The highest BCUT2D eigenvalue weighted by Crippen LogP contribution is 2.16. The van der Waals surface area contributed by atoms with Crippen molar-refractivity contribution in [3.8, 4) is 5.75 Å². The zero-order valence-corrected chi connectivity index (χ0v) is 13.6. The van der Waals surface area contributed by atoms with E-state index in [1.807, 2.05) is 37.3 Å². The first-order valence-corrected chi connectivity index (χ1v) is 7.68. The molecular formula is C18H20ClNO2. The van der Waals surface area contributed by atoms with E-state index in [0.29, 0.717) is 24.5 Å². The summed E-state index contributed by atoms with van der Waals surface area (Å²) in [5.41, 5.74) is 3.23. The minimum absolute atomic E-state index is 0.00274. The highest BCUT2D eigenvalue weighted by atomic mass is 35.5. The Labute approximate surface area is 136 Å². The number of benzene rings is 2. The van der Waals surface area contributed by atoms with E-state index in [0.717, 1.165) is 11.4 Å². The van der Waals surface area contributed by atoms with E-state index in [4.69, 9.17) is 16.3 Å². The molecule has 0 atom stereocenters. The summed E-state index contributed by atoms with van der Waals surface area (Å²) in [4.78, 5) is 11.9. The molecular weight excluding hydrogens is 298 g/mol. The molecule has 2 aromatic carbocycles. The SMILES string of the molecule is Cc1ccc(NC(=O)CCCOc2ccc(Cl)cc2)cc1C. The molecule has 2 rings (SSSR count). The third-order valence-corrected chi connectivity index (χ3v) is 3.67. The van der Waals surface area contributed by atoms with Crippen molar-refractivity contribution in [2.24, 2.45) is 0 Å². The van der Waals surface area contributed by atoms with E-state index in [1.54, 1.807) is 12.1 Å². The molecule has 0 aliphatic carbocycles. The molecule has 22 heavy (non-hydrogen) atoms. The highest BCUT2D eigenvalue weighted by molar-refractivity contribution is 6.30. The molecule has 1 amide bonds. The number of nitrogens with one attached hydrogen (secondary N) is 1. The zero-order chi connectivity index (χ0) is 15.9. The van der Waals surface area contributed by atoms with Crippen molar-refractivity contribution >= 4 is 23.2 Å². The first kappa shape index (κ1) is 16.4. The molecule has 0 fully saturated rings. The van der Waals surface area contributed by atoms with Gasteiger partial charge in [0.1, 0.15) is 5.75 Å². The molecule has 0 aromatic heterocycles. The first-order valence-electron chi connectivity index (χ1n) is 7.30. The minimum atomic E-state index is 0.00274. The smallest absolute Gasteiger partial charge is 0.224 e. The van der Waals surface area contributed by atoms with Gasteiger partial charge in [0, 0.05) is 17.1 Å². The van der Waals surface area contributed by atoms with Gasteiger partial charge in [-0.05, 0) is 67.8 Å². The third-order valence-electron chi connectivity index (χ3n) is 3.42. The summed E-state index contributed by atoms with van der Waals surface area (Å²) in [5, 5.41) is 3.58. The fraction of sp³-hybridized carbons (Fsp3) is 0.278. The summed E-state index contributed by atoms with van der Waals surface area (Å²) >= 11 is 5.80. The van der Waals surface area contributed by atoms with Crippen LogP contribution in [-0.4, -0.2) is 12.5 Å². The van der Waals surface area contributed by atoms with Crippen molar-refractivity contribution in [2.75, 3.05) is 11.9 Å². The number of aryl methyl sites for hydroxylation is 2. The monoisotopic (exact) mass is 317 g/mol. The van der Waals surface area contributed by atoms with Crippen LogP contribution in [0.4, 0.5) is 5.69 Å². The molecule has 4 heteroatoms. The number of amides is 1. The van der Waals surface area contributed by atoms with Gasteiger partial charge in [-0.1, -0.05) is 17.7 Å². The van der Waals surface area contributed by atoms with Crippen molar-refractivity contribution in [1.82, 2.24) is 0 Å². The predicted octanol–water partition coefficient (Wildman–Crippen LogP) is 4.75. The van der Waals surface area contributed by atoms with E-state index in [-0.39, 0.29) is 5.91 Å². The largest absolute Gasteiger partial charge is 0.494 e. The number of halogens is 1. The fourth-order valence-electron chi connectivity index (χ4n) is 2.00. The molecule has 0 heterocycles. The standard InChI is InChI=1S/C18H20ClNO2/c1-13-5-8-16(12-14(13)2)20-18(21)4-3-11-22-17-9-6-15(19)7-10-17/h5-10,12H,3-4,11H2,1-2H3,(H,20,21). The lowest BCUT2D eigenvalue weighted by atomic mass is 10.1. The van der Waals surface area contributed by atoms with Crippen LogP contribution >= 0.6 is 11.6 Å². The van der Waals surface area contributed by atoms with Crippen molar-refractivity contribution in [1.29, 1.82) is 0 Å². The second-order valence-corrected chi connectivity index (χ2v) is 5.69. The van der Waals surface area contributed by atoms with Gasteiger partial charge in [-0.15, -0.1) is 0 Å². The van der Waals surface area contributed by atoms with Crippen LogP contribution in [0.2, 0.25) is 5.02 Å². The molecule has 0 radical (unpaired) electrons. The molecule has 0 unspecified atom stereocenters. The lowest BCUT2D eigenvalue weighted by molar-refractivity contribution is -0.116. The van der Waals surface area contributed by atoms with E-state index >= 15 is 0 Å². The van der Waals surface area contributed by atoms with Crippen molar-refractivity contribution in [2.45, 2.75) is 26.7 Å². The molecule has 0 saturated carbocycles. The van der Waals surface area contributed by atoms with Gasteiger partial charge in [0.25, 0.3) is 0 Å². The quantitative estimate of drug-likeness (QED) is 0.780. The van der Waals surface area contributed by atoms with E-state index in [1.165, 1.54) is 11.1 Å². The van der Waals surface area contributed by atoms with E-state index < -0.39 is 0 Å². The highest BCUT2D eigenvalue weighted by Gasteiger charge is 2.04. The number of ether oxygens (including phenoxy) is 1. The summed E-state index contributed by atoms with van der Waals surface area (Å²) in [7, 11) is 0. The molecule has 0 aliphatic rings. The van der Waals surface area contributed by atoms with Crippen LogP contribution in [0.5, 0.6) is 5.75 Å². The Kier molecular flexibility index (Phi) is 5.84. The molecule has 2 aromatic rings. The fourth-order valence-corrected chi connectivity index (χ4v) is 2.12. The average Bonchev–Trinajstić information content (AvgIpc) is 2.49. The number of rotatable bonds is 6. The minimum Gasteiger partial charge on any atom is -0.494 e. The summed E-state index contributed by atoms with van der Waals surface area (Å²) in [6, 6.07) is 13.1. The zero-order valence-electron chi connectivity index (χ0n) is 12.9. The lowest BCUT2D eigenvalue weighted by Gasteiger charge is -2.08. The van der Waals surface area contributed by atoms with Crippen molar-refractivity contribution in [3.05, 3.63) is 58.6 Å². The Balaban J connectivity index is 1.71. The van der Waals surface area contributed by atoms with Gasteiger partial charge in [-0.3, -0.25) is 4.79 Å². The number of carbonyl (C=O) groups is 1. The normalized spacial score (nSPS) is 10.3. The van der Waals surface area contributed by atoms with Gasteiger partial charge >= 0.3 is 0 Å². The van der Waals surface area contributed by atoms with Crippen LogP contribution in [0.3, 0.4) is 0 Å². The average molecular weight is 318 g/mol.